The van der Waals surface area contributed by atoms with E-state index in [9.17, 15) is 4.39 Å². The van der Waals surface area contributed by atoms with Crippen molar-refractivity contribution in [3.63, 3.8) is 0 Å². The fourth-order valence-electron chi connectivity index (χ4n) is 2.74. The van der Waals surface area contributed by atoms with Crippen LogP contribution in [-0.4, -0.2) is 13.1 Å². The van der Waals surface area contributed by atoms with E-state index >= 15 is 0 Å². The SMILES string of the molecule is Fc1ccc(Sc2ccc(Cl)cc2Cl)c(C2CCNCC2)c1. The molecule has 0 radical (unpaired) electrons. The minimum absolute atomic E-state index is 0.180. The molecular formula is C17H16Cl2FNS. The van der Waals surface area contributed by atoms with Crippen LogP contribution in [0, 0.1) is 5.82 Å². The van der Waals surface area contributed by atoms with Crippen LogP contribution in [0.2, 0.25) is 10.0 Å². The van der Waals surface area contributed by atoms with E-state index in [2.05, 4.69) is 5.32 Å². The van der Waals surface area contributed by atoms with Gasteiger partial charge in [0.1, 0.15) is 5.82 Å². The lowest BCUT2D eigenvalue weighted by molar-refractivity contribution is 0.454. The maximum atomic E-state index is 13.7. The van der Waals surface area contributed by atoms with Crippen molar-refractivity contribution < 1.29 is 4.39 Å². The van der Waals surface area contributed by atoms with Crippen molar-refractivity contribution in [1.29, 1.82) is 0 Å². The van der Waals surface area contributed by atoms with Gasteiger partial charge < -0.3 is 5.32 Å². The molecule has 0 bridgehead atoms. The average molecular weight is 356 g/mol. The Kier molecular flexibility index (Phi) is 5.29. The molecule has 1 fully saturated rings. The average Bonchev–Trinajstić information content (AvgIpc) is 2.52. The molecule has 0 saturated carbocycles. The molecule has 1 heterocycles. The van der Waals surface area contributed by atoms with Crippen LogP contribution in [0.4, 0.5) is 4.39 Å². The first-order valence-corrected chi connectivity index (χ1v) is 8.84. The highest BCUT2D eigenvalue weighted by Crippen LogP contribution is 2.40. The molecule has 2 aromatic rings. The lowest BCUT2D eigenvalue weighted by Gasteiger charge is -2.25. The van der Waals surface area contributed by atoms with E-state index in [-0.39, 0.29) is 5.82 Å². The maximum absolute atomic E-state index is 13.7. The van der Waals surface area contributed by atoms with Crippen LogP contribution in [0.3, 0.4) is 0 Å². The first-order chi connectivity index (χ1) is 10.6. The number of hydrogen-bond donors (Lipinski definition) is 1. The van der Waals surface area contributed by atoms with Gasteiger partial charge in [0, 0.05) is 14.8 Å². The molecule has 1 saturated heterocycles. The summed E-state index contributed by atoms with van der Waals surface area (Å²) in [5.74, 6) is 0.214. The van der Waals surface area contributed by atoms with Crippen LogP contribution in [0.15, 0.2) is 46.2 Å². The van der Waals surface area contributed by atoms with E-state index in [0.29, 0.717) is 16.0 Å². The van der Waals surface area contributed by atoms with Gasteiger partial charge in [0.25, 0.3) is 0 Å². The van der Waals surface area contributed by atoms with Crippen LogP contribution in [-0.2, 0) is 0 Å². The van der Waals surface area contributed by atoms with E-state index < -0.39 is 0 Å². The first-order valence-electron chi connectivity index (χ1n) is 7.26. The summed E-state index contributed by atoms with van der Waals surface area (Å²) in [6.07, 6.45) is 2.07. The van der Waals surface area contributed by atoms with Crippen molar-refractivity contribution in [2.75, 3.05) is 13.1 Å². The van der Waals surface area contributed by atoms with E-state index in [1.165, 1.54) is 6.07 Å². The first kappa shape index (κ1) is 16.1. The monoisotopic (exact) mass is 355 g/mol. The van der Waals surface area contributed by atoms with Crippen LogP contribution in [0.1, 0.15) is 24.3 Å². The van der Waals surface area contributed by atoms with Gasteiger partial charge in [0.05, 0.1) is 5.02 Å². The Balaban J connectivity index is 1.92. The second-order valence-corrected chi connectivity index (χ2v) is 7.31. The fraction of sp³-hybridized carbons (Fsp3) is 0.294. The predicted octanol–water partition coefficient (Wildman–Crippen LogP) is 5.75. The van der Waals surface area contributed by atoms with Gasteiger partial charge in [-0.3, -0.25) is 0 Å². The summed E-state index contributed by atoms with van der Waals surface area (Å²) in [5, 5.41) is 4.59. The zero-order valence-corrected chi connectivity index (χ0v) is 14.2. The smallest absolute Gasteiger partial charge is 0.123 e. The summed E-state index contributed by atoms with van der Waals surface area (Å²) >= 11 is 13.8. The molecule has 22 heavy (non-hydrogen) atoms. The van der Waals surface area contributed by atoms with Gasteiger partial charge in [-0.1, -0.05) is 35.0 Å². The van der Waals surface area contributed by atoms with Crippen molar-refractivity contribution >= 4 is 35.0 Å². The molecule has 5 heteroatoms. The molecule has 0 amide bonds. The molecule has 1 N–H and O–H groups in total. The predicted molar refractivity (Wildman–Crippen MR) is 91.8 cm³/mol. The van der Waals surface area contributed by atoms with Crippen LogP contribution in [0.25, 0.3) is 0 Å². The van der Waals surface area contributed by atoms with Gasteiger partial charge in [0.15, 0.2) is 0 Å². The Morgan fingerprint density at radius 2 is 1.73 bits per heavy atom. The highest BCUT2D eigenvalue weighted by atomic mass is 35.5. The summed E-state index contributed by atoms with van der Waals surface area (Å²) in [6.45, 7) is 1.96. The van der Waals surface area contributed by atoms with Crippen LogP contribution in [0.5, 0.6) is 0 Å². The molecule has 116 valence electrons. The molecule has 2 aromatic carbocycles. The topological polar surface area (TPSA) is 12.0 Å². The van der Waals surface area contributed by atoms with Crippen LogP contribution >= 0.6 is 35.0 Å². The number of benzene rings is 2. The number of nitrogens with one attached hydrogen (secondary N) is 1. The lowest BCUT2D eigenvalue weighted by atomic mass is 9.90. The molecule has 0 unspecified atom stereocenters. The second-order valence-electron chi connectivity index (χ2n) is 5.38. The standard InChI is InChI=1S/C17H16Cl2FNS/c18-12-1-3-17(15(19)9-12)22-16-4-2-13(20)10-14(16)11-5-7-21-8-6-11/h1-4,9-11,21H,5-8H2. The van der Waals surface area contributed by atoms with Gasteiger partial charge in [0.2, 0.25) is 0 Å². The minimum Gasteiger partial charge on any atom is -0.317 e. The Bertz CT molecular complexity index is 672. The Morgan fingerprint density at radius 3 is 2.45 bits per heavy atom. The van der Waals surface area contributed by atoms with Crippen molar-refractivity contribution in [3.8, 4) is 0 Å². The molecule has 0 atom stereocenters. The van der Waals surface area contributed by atoms with E-state index in [1.54, 1.807) is 23.9 Å². The van der Waals surface area contributed by atoms with Crippen molar-refractivity contribution in [1.82, 2.24) is 5.32 Å². The second kappa shape index (κ2) is 7.22. The highest BCUT2D eigenvalue weighted by Gasteiger charge is 2.20. The highest BCUT2D eigenvalue weighted by molar-refractivity contribution is 7.99. The summed E-state index contributed by atoms with van der Waals surface area (Å²) in [6, 6.07) is 10.5. The van der Waals surface area contributed by atoms with E-state index in [1.807, 2.05) is 18.2 Å². The molecule has 3 rings (SSSR count). The third-order valence-electron chi connectivity index (χ3n) is 3.86. The van der Waals surface area contributed by atoms with Gasteiger partial charge >= 0.3 is 0 Å². The quantitative estimate of drug-likeness (QED) is 0.751. The molecular weight excluding hydrogens is 340 g/mol. The normalized spacial score (nSPS) is 16.0. The van der Waals surface area contributed by atoms with Crippen LogP contribution < -0.4 is 5.32 Å². The van der Waals surface area contributed by atoms with Gasteiger partial charge in [-0.2, -0.15) is 0 Å². The van der Waals surface area contributed by atoms with Crippen molar-refractivity contribution in [2.24, 2.45) is 0 Å². The molecule has 0 spiro atoms. The number of halogens is 3. The summed E-state index contributed by atoms with van der Waals surface area (Å²) in [5.41, 5.74) is 1.08. The van der Waals surface area contributed by atoms with E-state index in [4.69, 9.17) is 23.2 Å². The third kappa shape index (κ3) is 3.77. The zero-order valence-electron chi connectivity index (χ0n) is 11.9. The summed E-state index contributed by atoms with van der Waals surface area (Å²) in [7, 11) is 0. The molecule has 0 aromatic heterocycles. The summed E-state index contributed by atoms with van der Waals surface area (Å²) in [4.78, 5) is 2.00. The fourth-order valence-corrected chi connectivity index (χ4v) is 4.27. The number of piperidine rings is 1. The number of hydrogen-bond acceptors (Lipinski definition) is 2. The van der Waals surface area contributed by atoms with Gasteiger partial charge in [-0.25, -0.2) is 4.39 Å². The third-order valence-corrected chi connectivity index (χ3v) is 5.69. The Hall–Kier alpha value is -0.740. The summed E-state index contributed by atoms with van der Waals surface area (Å²) < 4.78 is 13.7. The Labute approximate surface area is 144 Å². The van der Waals surface area contributed by atoms with Gasteiger partial charge in [-0.15, -0.1) is 0 Å². The maximum Gasteiger partial charge on any atom is 0.123 e. The van der Waals surface area contributed by atoms with E-state index in [0.717, 1.165) is 41.3 Å². The molecule has 1 aliphatic rings. The van der Waals surface area contributed by atoms with Crippen molar-refractivity contribution in [2.45, 2.75) is 28.6 Å². The molecule has 1 nitrogen and oxygen atoms in total. The zero-order chi connectivity index (χ0) is 15.5. The molecule has 0 aliphatic carbocycles. The lowest BCUT2D eigenvalue weighted by Crippen LogP contribution is -2.26. The van der Waals surface area contributed by atoms with Crippen molar-refractivity contribution in [3.05, 3.63) is 57.8 Å². The number of rotatable bonds is 3. The largest absolute Gasteiger partial charge is 0.317 e. The Morgan fingerprint density at radius 1 is 1.00 bits per heavy atom. The minimum atomic E-state index is -0.180. The molecule has 1 aliphatic heterocycles. The van der Waals surface area contributed by atoms with Gasteiger partial charge in [-0.05, 0) is 73.8 Å².